The molecule has 1 fully saturated rings. The maximum Gasteiger partial charge on any atom is 0.252 e. The number of amides is 1. The second-order valence-electron chi connectivity index (χ2n) is 4.59. The summed E-state index contributed by atoms with van der Waals surface area (Å²) in [5.41, 5.74) is 0.453. The van der Waals surface area contributed by atoms with Crippen molar-refractivity contribution in [3.05, 3.63) is 28.2 Å². The van der Waals surface area contributed by atoms with E-state index in [0.717, 1.165) is 22.2 Å². The lowest BCUT2D eigenvalue weighted by atomic mass is 9.80. The quantitative estimate of drug-likeness (QED) is 0.833. The summed E-state index contributed by atoms with van der Waals surface area (Å²) in [6, 6.07) is 5.42. The average molecular weight is 330 g/mol. The maximum atomic E-state index is 12.1. The normalized spacial score (nSPS) is 17.1. The van der Waals surface area contributed by atoms with Crippen LogP contribution in [-0.2, 0) is 4.74 Å². The predicted molar refractivity (Wildman–Crippen MR) is 77.3 cm³/mol. The molecule has 1 saturated carbocycles. The number of methoxy groups -OCH3 is 1. The van der Waals surface area contributed by atoms with Crippen LogP contribution < -0.4 is 5.32 Å². The van der Waals surface area contributed by atoms with Gasteiger partial charge < -0.3 is 10.1 Å². The SMILES string of the molecule is COC1(CNC(=O)c2cc(S)ccc2Br)CCC1. The molecule has 0 bridgehead atoms. The van der Waals surface area contributed by atoms with E-state index in [-0.39, 0.29) is 11.5 Å². The lowest BCUT2D eigenvalue weighted by Crippen LogP contribution is -2.49. The summed E-state index contributed by atoms with van der Waals surface area (Å²) in [4.78, 5) is 12.9. The zero-order valence-corrected chi connectivity index (χ0v) is 12.7. The standard InChI is InChI=1S/C13H16BrNO2S/c1-17-13(5-2-6-13)8-15-12(16)10-7-9(18)3-4-11(10)14/h3-4,7,18H,2,5-6,8H2,1H3,(H,15,16). The van der Waals surface area contributed by atoms with Gasteiger partial charge in [0.15, 0.2) is 0 Å². The van der Waals surface area contributed by atoms with E-state index in [0.29, 0.717) is 12.1 Å². The van der Waals surface area contributed by atoms with E-state index in [1.807, 2.05) is 12.1 Å². The first-order valence-electron chi connectivity index (χ1n) is 5.88. The van der Waals surface area contributed by atoms with Crippen LogP contribution in [0.4, 0.5) is 0 Å². The molecule has 5 heteroatoms. The molecule has 2 rings (SSSR count). The van der Waals surface area contributed by atoms with Gasteiger partial charge in [-0.05, 0) is 53.4 Å². The molecule has 0 atom stereocenters. The van der Waals surface area contributed by atoms with Crippen molar-refractivity contribution in [1.29, 1.82) is 0 Å². The molecule has 1 amide bonds. The van der Waals surface area contributed by atoms with Crippen LogP contribution in [0, 0.1) is 0 Å². The Morgan fingerprint density at radius 1 is 1.56 bits per heavy atom. The van der Waals surface area contributed by atoms with Crippen LogP contribution in [0.5, 0.6) is 0 Å². The zero-order valence-electron chi connectivity index (χ0n) is 10.2. The van der Waals surface area contributed by atoms with E-state index < -0.39 is 0 Å². The number of benzene rings is 1. The van der Waals surface area contributed by atoms with Crippen LogP contribution in [0.25, 0.3) is 0 Å². The lowest BCUT2D eigenvalue weighted by Gasteiger charge is -2.40. The molecule has 0 heterocycles. The van der Waals surface area contributed by atoms with E-state index in [4.69, 9.17) is 4.74 Å². The first kappa shape index (κ1) is 13.9. The fraction of sp³-hybridized carbons (Fsp3) is 0.462. The number of nitrogens with one attached hydrogen (secondary N) is 1. The minimum Gasteiger partial charge on any atom is -0.376 e. The number of carbonyl (C=O) groups is 1. The Bertz CT molecular complexity index is 455. The van der Waals surface area contributed by atoms with Gasteiger partial charge in [0.05, 0.1) is 11.2 Å². The van der Waals surface area contributed by atoms with E-state index in [1.165, 1.54) is 6.42 Å². The van der Waals surface area contributed by atoms with Crippen molar-refractivity contribution < 1.29 is 9.53 Å². The fourth-order valence-corrected chi connectivity index (χ4v) is 2.68. The molecule has 0 radical (unpaired) electrons. The monoisotopic (exact) mass is 329 g/mol. The first-order chi connectivity index (χ1) is 8.56. The van der Waals surface area contributed by atoms with Crippen LogP contribution in [0.3, 0.4) is 0 Å². The Hall–Kier alpha value is -0.520. The van der Waals surface area contributed by atoms with Crippen molar-refractivity contribution >= 4 is 34.5 Å². The molecule has 1 aromatic rings. The fourth-order valence-electron chi connectivity index (χ4n) is 2.05. The third kappa shape index (κ3) is 2.90. The number of halogens is 1. The number of rotatable bonds is 4. The van der Waals surface area contributed by atoms with E-state index in [9.17, 15) is 4.79 Å². The Kier molecular flexibility index (Phi) is 4.35. The maximum absolute atomic E-state index is 12.1. The molecule has 0 aliphatic heterocycles. The zero-order chi connectivity index (χ0) is 13.2. The minimum absolute atomic E-state index is 0.0962. The summed E-state index contributed by atoms with van der Waals surface area (Å²) in [5.74, 6) is -0.0962. The van der Waals surface area contributed by atoms with Crippen molar-refractivity contribution in [1.82, 2.24) is 5.32 Å². The Balaban J connectivity index is 2.01. The highest BCUT2D eigenvalue weighted by Gasteiger charge is 2.37. The molecular weight excluding hydrogens is 314 g/mol. The molecule has 1 aliphatic carbocycles. The van der Waals surface area contributed by atoms with Gasteiger partial charge in [0, 0.05) is 23.0 Å². The number of hydrogen-bond donors (Lipinski definition) is 2. The van der Waals surface area contributed by atoms with Crippen LogP contribution in [0.1, 0.15) is 29.6 Å². The third-order valence-corrected chi connectivity index (χ3v) is 4.43. The Labute approximate surface area is 121 Å². The smallest absolute Gasteiger partial charge is 0.252 e. The molecule has 0 unspecified atom stereocenters. The first-order valence-corrected chi connectivity index (χ1v) is 7.12. The van der Waals surface area contributed by atoms with E-state index in [2.05, 4.69) is 33.9 Å². The molecule has 3 nitrogen and oxygen atoms in total. The van der Waals surface area contributed by atoms with Gasteiger partial charge in [0.2, 0.25) is 0 Å². The lowest BCUT2D eigenvalue weighted by molar-refractivity contribution is -0.0679. The Morgan fingerprint density at radius 2 is 2.28 bits per heavy atom. The molecule has 18 heavy (non-hydrogen) atoms. The Morgan fingerprint density at radius 3 is 2.83 bits per heavy atom. The van der Waals surface area contributed by atoms with Gasteiger partial charge in [-0.25, -0.2) is 0 Å². The van der Waals surface area contributed by atoms with Crippen molar-refractivity contribution in [3.63, 3.8) is 0 Å². The molecule has 0 saturated heterocycles. The summed E-state index contributed by atoms with van der Waals surface area (Å²) >= 11 is 7.62. The van der Waals surface area contributed by atoms with Gasteiger partial charge in [-0.1, -0.05) is 0 Å². The number of hydrogen-bond acceptors (Lipinski definition) is 3. The highest BCUT2D eigenvalue weighted by molar-refractivity contribution is 9.10. The molecule has 98 valence electrons. The van der Waals surface area contributed by atoms with Gasteiger partial charge in [0.25, 0.3) is 5.91 Å². The molecule has 0 spiro atoms. The highest BCUT2D eigenvalue weighted by atomic mass is 79.9. The third-order valence-electron chi connectivity index (χ3n) is 3.46. The number of ether oxygens (including phenoxy) is 1. The van der Waals surface area contributed by atoms with E-state index >= 15 is 0 Å². The van der Waals surface area contributed by atoms with Crippen molar-refractivity contribution in [2.75, 3.05) is 13.7 Å². The second-order valence-corrected chi connectivity index (χ2v) is 5.96. The van der Waals surface area contributed by atoms with Gasteiger partial charge in [-0.15, -0.1) is 12.6 Å². The molecular formula is C13H16BrNO2S. The topological polar surface area (TPSA) is 38.3 Å². The summed E-state index contributed by atoms with van der Waals surface area (Å²) < 4.78 is 6.25. The van der Waals surface area contributed by atoms with Crippen molar-refractivity contribution in [3.8, 4) is 0 Å². The van der Waals surface area contributed by atoms with Gasteiger partial charge in [-0.3, -0.25) is 4.79 Å². The van der Waals surface area contributed by atoms with Crippen LogP contribution in [0.15, 0.2) is 27.6 Å². The highest BCUT2D eigenvalue weighted by Crippen LogP contribution is 2.34. The van der Waals surface area contributed by atoms with E-state index in [1.54, 1.807) is 13.2 Å². The predicted octanol–water partition coefficient (Wildman–Crippen LogP) is 3.04. The molecule has 1 aliphatic rings. The van der Waals surface area contributed by atoms with Gasteiger partial charge >= 0.3 is 0 Å². The summed E-state index contributed by atoms with van der Waals surface area (Å²) in [6.07, 6.45) is 3.19. The summed E-state index contributed by atoms with van der Waals surface area (Å²) in [6.45, 7) is 0.561. The van der Waals surface area contributed by atoms with Crippen molar-refractivity contribution in [2.24, 2.45) is 0 Å². The summed E-state index contributed by atoms with van der Waals surface area (Å²) in [5, 5.41) is 2.93. The number of thiol groups is 1. The minimum atomic E-state index is -0.152. The molecule has 1 aromatic carbocycles. The molecule has 0 aromatic heterocycles. The molecule has 1 N–H and O–H groups in total. The van der Waals surface area contributed by atoms with Crippen LogP contribution in [0.2, 0.25) is 0 Å². The van der Waals surface area contributed by atoms with Gasteiger partial charge in [0.1, 0.15) is 0 Å². The second kappa shape index (κ2) is 5.63. The van der Waals surface area contributed by atoms with Crippen LogP contribution >= 0.6 is 28.6 Å². The largest absolute Gasteiger partial charge is 0.376 e. The van der Waals surface area contributed by atoms with Crippen molar-refractivity contribution in [2.45, 2.75) is 29.8 Å². The number of carbonyl (C=O) groups excluding carboxylic acids is 1. The van der Waals surface area contributed by atoms with Crippen LogP contribution in [-0.4, -0.2) is 25.2 Å². The summed E-state index contributed by atoms with van der Waals surface area (Å²) in [7, 11) is 1.70. The average Bonchev–Trinajstić information content (AvgIpc) is 2.31. The van der Waals surface area contributed by atoms with Gasteiger partial charge in [-0.2, -0.15) is 0 Å².